The predicted octanol–water partition coefficient (Wildman–Crippen LogP) is -0.188. The van der Waals surface area contributed by atoms with Gasteiger partial charge in [-0.1, -0.05) is 11.6 Å². The van der Waals surface area contributed by atoms with E-state index >= 15 is 0 Å². The fourth-order valence-corrected chi connectivity index (χ4v) is 0.887. The van der Waals surface area contributed by atoms with Crippen molar-refractivity contribution in [3.63, 3.8) is 0 Å². The summed E-state index contributed by atoms with van der Waals surface area (Å²) in [5.41, 5.74) is 1.10. The van der Waals surface area contributed by atoms with Gasteiger partial charge in [0.2, 0.25) is 0 Å². The first-order chi connectivity index (χ1) is 4.61. The minimum absolute atomic E-state index is 0.155. The minimum atomic E-state index is -0.824. The number of rotatable bonds is 1. The van der Waals surface area contributed by atoms with Crippen molar-refractivity contribution in [2.75, 3.05) is 0 Å². The Kier molecular flexibility index (Phi) is 1.76. The molecule has 3 heteroatoms. The summed E-state index contributed by atoms with van der Waals surface area (Å²) in [4.78, 5) is 10.4. The van der Waals surface area contributed by atoms with E-state index in [0.717, 1.165) is 5.57 Å². The first-order valence-corrected chi connectivity index (χ1v) is 3.25. The van der Waals surface area contributed by atoms with Crippen molar-refractivity contribution < 1.29 is 9.90 Å². The zero-order valence-electron chi connectivity index (χ0n) is 6.09. The maximum atomic E-state index is 10.4. The topological polar surface area (TPSA) is 49.3 Å². The van der Waals surface area contributed by atoms with E-state index in [1.807, 2.05) is 19.9 Å². The van der Waals surface area contributed by atoms with Crippen molar-refractivity contribution in [3.05, 3.63) is 11.6 Å². The smallest absolute Gasteiger partial charge is 0.251 e. The molecule has 0 aromatic carbocycles. The van der Waals surface area contributed by atoms with Gasteiger partial charge in [-0.2, -0.15) is 0 Å². The molecular formula is C7H11NO2. The number of carbonyl (C=O) groups excluding carboxylic acids is 1. The average Bonchev–Trinajstić information content (AvgIpc) is 1.86. The number of allylic oxidation sites excluding steroid dienone is 1. The highest BCUT2D eigenvalue weighted by Gasteiger charge is 2.35. The Balaban J connectivity index is 2.48. The van der Waals surface area contributed by atoms with Gasteiger partial charge in [-0.05, 0) is 13.8 Å². The molecular weight excluding hydrogens is 130 g/mol. The van der Waals surface area contributed by atoms with Crippen LogP contribution in [0.5, 0.6) is 0 Å². The molecule has 2 unspecified atom stereocenters. The van der Waals surface area contributed by atoms with Crippen molar-refractivity contribution in [3.8, 4) is 0 Å². The van der Waals surface area contributed by atoms with E-state index in [4.69, 9.17) is 5.11 Å². The fourth-order valence-electron chi connectivity index (χ4n) is 0.887. The lowest BCUT2D eigenvalue weighted by molar-refractivity contribution is -0.140. The summed E-state index contributed by atoms with van der Waals surface area (Å²) in [6.45, 7) is 3.86. The van der Waals surface area contributed by atoms with Gasteiger partial charge in [-0.15, -0.1) is 0 Å². The summed E-state index contributed by atoms with van der Waals surface area (Å²) in [5.74, 6) is -0.275. The molecule has 0 aromatic heterocycles. The van der Waals surface area contributed by atoms with Crippen LogP contribution in [0.15, 0.2) is 11.6 Å². The van der Waals surface area contributed by atoms with E-state index in [1.165, 1.54) is 0 Å². The summed E-state index contributed by atoms with van der Waals surface area (Å²) >= 11 is 0. The maximum Gasteiger partial charge on any atom is 0.251 e. The first kappa shape index (κ1) is 7.28. The average molecular weight is 141 g/mol. The lowest BCUT2D eigenvalue weighted by Crippen LogP contribution is -2.61. The summed E-state index contributed by atoms with van der Waals surface area (Å²) < 4.78 is 0. The highest BCUT2D eigenvalue weighted by atomic mass is 16.3. The third kappa shape index (κ3) is 1.19. The Hall–Kier alpha value is -0.830. The molecule has 10 heavy (non-hydrogen) atoms. The van der Waals surface area contributed by atoms with Crippen LogP contribution in [-0.2, 0) is 4.79 Å². The predicted molar refractivity (Wildman–Crippen MR) is 37.4 cm³/mol. The van der Waals surface area contributed by atoms with Gasteiger partial charge < -0.3 is 10.4 Å². The molecule has 1 amide bonds. The van der Waals surface area contributed by atoms with Gasteiger partial charge in [0.15, 0.2) is 6.10 Å². The lowest BCUT2D eigenvalue weighted by atomic mass is 10.0. The highest BCUT2D eigenvalue weighted by molar-refractivity contribution is 5.88. The second-order valence-electron chi connectivity index (χ2n) is 2.72. The van der Waals surface area contributed by atoms with Crippen LogP contribution in [0.25, 0.3) is 0 Å². The minimum Gasteiger partial charge on any atom is -0.381 e. The molecule has 2 N–H and O–H groups in total. The van der Waals surface area contributed by atoms with Crippen LogP contribution in [-0.4, -0.2) is 23.2 Å². The fraction of sp³-hybridized carbons (Fsp3) is 0.571. The molecule has 1 aliphatic rings. The van der Waals surface area contributed by atoms with E-state index < -0.39 is 6.10 Å². The van der Waals surface area contributed by atoms with Gasteiger partial charge in [-0.3, -0.25) is 4.79 Å². The molecule has 1 heterocycles. The molecule has 0 aromatic rings. The zero-order valence-corrected chi connectivity index (χ0v) is 6.09. The normalized spacial score (nSPS) is 30.5. The number of carbonyl (C=O) groups is 1. The van der Waals surface area contributed by atoms with Gasteiger partial charge in [0.1, 0.15) is 0 Å². The Morgan fingerprint density at radius 1 is 1.70 bits per heavy atom. The maximum absolute atomic E-state index is 10.4. The molecule has 0 aliphatic carbocycles. The SMILES string of the molecule is CC(C)=CC1NC(=O)C1O. The van der Waals surface area contributed by atoms with Gasteiger partial charge in [0.25, 0.3) is 5.91 Å². The van der Waals surface area contributed by atoms with Gasteiger partial charge in [0.05, 0.1) is 6.04 Å². The number of nitrogens with one attached hydrogen (secondary N) is 1. The molecule has 1 aliphatic heterocycles. The van der Waals surface area contributed by atoms with Crippen LogP contribution in [0.1, 0.15) is 13.8 Å². The summed E-state index contributed by atoms with van der Waals surface area (Å²) in [6, 6.07) is -0.155. The second-order valence-corrected chi connectivity index (χ2v) is 2.72. The molecule has 0 saturated carbocycles. The van der Waals surface area contributed by atoms with Crippen molar-refractivity contribution in [2.24, 2.45) is 0 Å². The number of β-lactam (4-membered cyclic amide) rings is 1. The number of aliphatic hydroxyl groups excluding tert-OH is 1. The number of aliphatic hydroxyl groups is 1. The van der Waals surface area contributed by atoms with Crippen LogP contribution < -0.4 is 5.32 Å². The summed E-state index contributed by atoms with van der Waals surface area (Å²) in [7, 11) is 0. The number of hydrogen-bond donors (Lipinski definition) is 2. The molecule has 2 atom stereocenters. The third-order valence-corrected chi connectivity index (χ3v) is 1.43. The lowest BCUT2D eigenvalue weighted by Gasteiger charge is -2.30. The van der Waals surface area contributed by atoms with E-state index in [1.54, 1.807) is 0 Å². The second kappa shape index (κ2) is 2.42. The van der Waals surface area contributed by atoms with E-state index in [0.29, 0.717) is 0 Å². The van der Waals surface area contributed by atoms with E-state index in [-0.39, 0.29) is 11.9 Å². The first-order valence-electron chi connectivity index (χ1n) is 3.25. The Bertz CT molecular complexity index is 182. The summed E-state index contributed by atoms with van der Waals surface area (Å²) in [6.07, 6.45) is 1.02. The molecule has 1 rings (SSSR count). The highest BCUT2D eigenvalue weighted by Crippen LogP contribution is 2.08. The zero-order chi connectivity index (χ0) is 7.72. The van der Waals surface area contributed by atoms with Crippen LogP contribution in [0.2, 0.25) is 0 Å². The largest absolute Gasteiger partial charge is 0.381 e. The van der Waals surface area contributed by atoms with Gasteiger partial charge in [0, 0.05) is 0 Å². The van der Waals surface area contributed by atoms with Crippen molar-refractivity contribution in [1.29, 1.82) is 0 Å². The van der Waals surface area contributed by atoms with Crippen molar-refractivity contribution in [2.45, 2.75) is 26.0 Å². The Labute approximate surface area is 59.7 Å². The van der Waals surface area contributed by atoms with Crippen LogP contribution in [0.4, 0.5) is 0 Å². The van der Waals surface area contributed by atoms with Gasteiger partial charge >= 0.3 is 0 Å². The quantitative estimate of drug-likeness (QED) is 0.393. The van der Waals surface area contributed by atoms with Crippen LogP contribution >= 0.6 is 0 Å². The molecule has 56 valence electrons. The number of amides is 1. The van der Waals surface area contributed by atoms with Crippen LogP contribution in [0, 0.1) is 0 Å². The molecule has 0 spiro atoms. The molecule has 1 saturated heterocycles. The molecule has 3 nitrogen and oxygen atoms in total. The van der Waals surface area contributed by atoms with Crippen molar-refractivity contribution in [1.82, 2.24) is 5.32 Å². The Morgan fingerprint density at radius 2 is 2.30 bits per heavy atom. The van der Waals surface area contributed by atoms with E-state index in [2.05, 4.69) is 5.32 Å². The van der Waals surface area contributed by atoms with Crippen molar-refractivity contribution >= 4 is 5.91 Å². The molecule has 1 fully saturated rings. The summed E-state index contributed by atoms with van der Waals surface area (Å²) in [5, 5.41) is 11.5. The standard InChI is InChI=1S/C7H11NO2/c1-4(2)3-5-6(9)7(10)8-5/h3,5-6,9H,1-2H3,(H,8,10). The third-order valence-electron chi connectivity index (χ3n) is 1.43. The van der Waals surface area contributed by atoms with Crippen LogP contribution in [0.3, 0.4) is 0 Å². The number of hydrogen-bond acceptors (Lipinski definition) is 2. The molecule has 0 radical (unpaired) electrons. The molecule has 0 bridgehead atoms. The monoisotopic (exact) mass is 141 g/mol. The van der Waals surface area contributed by atoms with Gasteiger partial charge in [-0.25, -0.2) is 0 Å². The Morgan fingerprint density at radius 3 is 2.60 bits per heavy atom. The van der Waals surface area contributed by atoms with E-state index in [9.17, 15) is 4.79 Å².